The van der Waals surface area contributed by atoms with Gasteiger partial charge in [-0.25, -0.2) is 0 Å². The number of benzene rings is 1. The Bertz CT molecular complexity index is 522. The summed E-state index contributed by atoms with van der Waals surface area (Å²) in [6, 6.07) is 12.6. The van der Waals surface area contributed by atoms with Crippen LogP contribution in [0.2, 0.25) is 0 Å². The van der Waals surface area contributed by atoms with E-state index in [4.69, 9.17) is 0 Å². The van der Waals surface area contributed by atoms with Crippen molar-refractivity contribution in [3.05, 3.63) is 46.7 Å². The number of thiophene rings is 1. The fourth-order valence-electron chi connectivity index (χ4n) is 2.07. The molecule has 1 aromatic heterocycles. The molecule has 1 atom stereocenters. The summed E-state index contributed by atoms with van der Waals surface area (Å²) in [5.74, 6) is 0.750. The van der Waals surface area contributed by atoms with E-state index in [-0.39, 0.29) is 0 Å². The van der Waals surface area contributed by atoms with E-state index in [1.807, 2.05) is 19.2 Å². The van der Waals surface area contributed by atoms with Crippen LogP contribution in [-0.4, -0.2) is 29.3 Å². The van der Waals surface area contributed by atoms with Gasteiger partial charge in [-0.15, -0.1) is 11.3 Å². The molecule has 0 radical (unpaired) electrons. The SMILES string of the molecule is CSCC(C)(O)CNCc1cc(-c2ccccc2)cs1. The number of aliphatic hydroxyl groups is 1. The predicted octanol–water partition coefficient (Wildman–Crippen LogP) is 3.62. The van der Waals surface area contributed by atoms with Crippen molar-refractivity contribution >= 4 is 23.1 Å². The van der Waals surface area contributed by atoms with Crippen molar-refractivity contribution in [2.24, 2.45) is 0 Å². The maximum absolute atomic E-state index is 10.1. The van der Waals surface area contributed by atoms with Gasteiger partial charge in [0.05, 0.1) is 5.60 Å². The maximum atomic E-state index is 10.1. The minimum Gasteiger partial charge on any atom is -0.388 e. The molecule has 0 aliphatic carbocycles. The molecule has 0 fully saturated rings. The highest BCUT2D eigenvalue weighted by Crippen LogP contribution is 2.25. The molecule has 1 heterocycles. The molecule has 1 aromatic carbocycles. The molecule has 2 aromatic rings. The van der Waals surface area contributed by atoms with Gasteiger partial charge in [-0.2, -0.15) is 11.8 Å². The van der Waals surface area contributed by atoms with Crippen LogP contribution in [0, 0.1) is 0 Å². The second-order valence-corrected chi connectivity index (χ2v) is 7.06. The van der Waals surface area contributed by atoms with Crippen LogP contribution in [0.1, 0.15) is 11.8 Å². The zero-order valence-corrected chi connectivity index (χ0v) is 13.6. The first kappa shape index (κ1) is 15.6. The smallest absolute Gasteiger partial charge is 0.0833 e. The van der Waals surface area contributed by atoms with E-state index < -0.39 is 5.60 Å². The van der Waals surface area contributed by atoms with Crippen molar-refractivity contribution in [1.29, 1.82) is 0 Å². The summed E-state index contributed by atoms with van der Waals surface area (Å²) in [5, 5.41) is 15.6. The van der Waals surface area contributed by atoms with E-state index in [1.54, 1.807) is 23.1 Å². The second kappa shape index (κ2) is 7.27. The Labute approximate surface area is 129 Å². The third-order valence-electron chi connectivity index (χ3n) is 3.02. The van der Waals surface area contributed by atoms with Gasteiger partial charge in [-0.1, -0.05) is 30.3 Å². The highest BCUT2D eigenvalue weighted by Gasteiger charge is 2.18. The Morgan fingerprint density at radius 2 is 2.00 bits per heavy atom. The first-order valence-electron chi connectivity index (χ1n) is 6.65. The fourth-order valence-corrected chi connectivity index (χ4v) is 3.66. The lowest BCUT2D eigenvalue weighted by molar-refractivity contribution is 0.0846. The number of rotatable bonds is 7. The Morgan fingerprint density at radius 3 is 2.70 bits per heavy atom. The van der Waals surface area contributed by atoms with Crippen molar-refractivity contribution in [3.8, 4) is 11.1 Å². The van der Waals surface area contributed by atoms with Crippen LogP contribution in [0.15, 0.2) is 41.8 Å². The van der Waals surface area contributed by atoms with Gasteiger partial charge in [0.1, 0.15) is 0 Å². The molecule has 0 aliphatic rings. The molecule has 0 aliphatic heterocycles. The molecule has 20 heavy (non-hydrogen) atoms. The van der Waals surface area contributed by atoms with Gasteiger partial charge in [-0.3, -0.25) is 0 Å². The summed E-state index contributed by atoms with van der Waals surface area (Å²) in [7, 11) is 0. The Morgan fingerprint density at radius 1 is 1.25 bits per heavy atom. The first-order chi connectivity index (χ1) is 9.61. The lowest BCUT2D eigenvalue weighted by Gasteiger charge is -2.22. The van der Waals surface area contributed by atoms with E-state index in [2.05, 4.69) is 41.0 Å². The number of thioether (sulfide) groups is 1. The largest absolute Gasteiger partial charge is 0.388 e. The number of hydrogen-bond acceptors (Lipinski definition) is 4. The van der Waals surface area contributed by atoms with Crippen molar-refractivity contribution in [2.75, 3.05) is 18.6 Å². The molecule has 4 heteroatoms. The molecular weight excluding hydrogens is 286 g/mol. The minimum atomic E-state index is -0.640. The van der Waals surface area contributed by atoms with Crippen LogP contribution in [0.5, 0.6) is 0 Å². The van der Waals surface area contributed by atoms with Gasteiger partial charge in [0.2, 0.25) is 0 Å². The summed E-state index contributed by atoms with van der Waals surface area (Å²) in [6.07, 6.45) is 2.01. The summed E-state index contributed by atoms with van der Waals surface area (Å²) >= 11 is 3.43. The van der Waals surface area contributed by atoms with Crippen LogP contribution in [0.25, 0.3) is 11.1 Å². The monoisotopic (exact) mass is 307 g/mol. The molecule has 0 saturated carbocycles. The predicted molar refractivity (Wildman–Crippen MR) is 90.5 cm³/mol. The molecule has 2 rings (SSSR count). The number of hydrogen-bond donors (Lipinski definition) is 2. The Balaban J connectivity index is 1.88. The van der Waals surface area contributed by atoms with E-state index >= 15 is 0 Å². The number of nitrogens with one attached hydrogen (secondary N) is 1. The van der Waals surface area contributed by atoms with Crippen LogP contribution in [0.3, 0.4) is 0 Å². The normalized spacial score (nSPS) is 14.2. The van der Waals surface area contributed by atoms with Crippen LogP contribution < -0.4 is 5.32 Å². The Kier molecular flexibility index (Phi) is 5.66. The van der Waals surface area contributed by atoms with Crippen molar-refractivity contribution in [2.45, 2.75) is 19.1 Å². The molecule has 2 nitrogen and oxygen atoms in total. The topological polar surface area (TPSA) is 32.3 Å². The van der Waals surface area contributed by atoms with E-state index in [9.17, 15) is 5.11 Å². The van der Waals surface area contributed by atoms with Crippen LogP contribution in [0.4, 0.5) is 0 Å². The molecule has 0 saturated heterocycles. The van der Waals surface area contributed by atoms with Gasteiger partial charge in [-0.05, 0) is 35.8 Å². The summed E-state index contributed by atoms with van der Waals surface area (Å²) in [6.45, 7) is 3.30. The van der Waals surface area contributed by atoms with Gasteiger partial charge >= 0.3 is 0 Å². The molecule has 108 valence electrons. The van der Waals surface area contributed by atoms with Crippen molar-refractivity contribution in [3.63, 3.8) is 0 Å². The zero-order valence-electron chi connectivity index (χ0n) is 11.9. The van der Waals surface area contributed by atoms with Crippen LogP contribution >= 0.6 is 23.1 Å². The van der Waals surface area contributed by atoms with Crippen molar-refractivity contribution in [1.82, 2.24) is 5.32 Å². The van der Waals surface area contributed by atoms with Crippen molar-refractivity contribution < 1.29 is 5.11 Å². The van der Waals surface area contributed by atoms with Gasteiger partial charge in [0.15, 0.2) is 0 Å². The summed E-state index contributed by atoms with van der Waals surface area (Å²) in [5.41, 5.74) is 1.88. The summed E-state index contributed by atoms with van der Waals surface area (Å²) < 4.78 is 0. The molecule has 0 bridgehead atoms. The highest BCUT2D eigenvalue weighted by atomic mass is 32.2. The average Bonchev–Trinajstić information content (AvgIpc) is 2.88. The van der Waals surface area contributed by atoms with E-state index in [0.29, 0.717) is 6.54 Å². The Hall–Kier alpha value is -0.810. The third kappa shape index (κ3) is 4.63. The average molecular weight is 307 g/mol. The van der Waals surface area contributed by atoms with Crippen LogP contribution in [-0.2, 0) is 6.54 Å². The molecule has 0 spiro atoms. The zero-order chi connectivity index (χ0) is 14.4. The van der Waals surface area contributed by atoms with E-state index in [1.165, 1.54) is 16.0 Å². The molecule has 1 unspecified atom stereocenters. The second-order valence-electron chi connectivity index (χ2n) is 5.20. The maximum Gasteiger partial charge on any atom is 0.0833 e. The standard InChI is InChI=1S/C16H21NOS2/c1-16(18,12-19-2)11-17-9-15-8-14(10-20-15)13-6-4-3-5-7-13/h3-8,10,17-18H,9,11-12H2,1-2H3. The fraction of sp³-hybridized carbons (Fsp3) is 0.375. The van der Waals surface area contributed by atoms with Gasteiger partial charge in [0, 0.05) is 23.7 Å². The lowest BCUT2D eigenvalue weighted by atomic mass is 10.1. The third-order valence-corrected chi connectivity index (χ3v) is 4.87. The molecular formula is C16H21NOS2. The molecule has 0 amide bonds. The lowest BCUT2D eigenvalue weighted by Crippen LogP contribution is -2.39. The van der Waals surface area contributed by atoms with Gasteiger partial charge in [0.25, 0.3) is 0 Å². The minimum absolute atomic E-state index is 0.617. The van der Waals surface area contributed by atoms with Gasteiger partial charge < -0.3 is 10.4 Å². The highest BCUT2D eigenvalue weighted by molar-refractivity contribution is 7.98. The summed E-state index contributed by atoms with van der Waals surface area (Å²) in [4.78, 5) is 1.30. The van der Waals surface area contributed by atoms with E-state index in [0.717, 1.165) is 12.3 Å². The molecule has 2 N–H and O–H groups in total. The quantitative estimate of drug-likeness (QED) is 0.819. The first-order valence-corrected chi connectivity index (χ1v) is 8.93.